The first-order valence-electron chi connectivity index (χ1n) is 7.01. The van der Waals surface area contributed by atoms with Crippen LogP contribution in [0.25, 0.3) is 0 Å². The zero-order valence-corrected chi connectivity index (χ0v) is 11.2. The Morgan fingerprint density at radius 3 is 3.11 bits per heavy atom. The summed E-state index contributed by atoms with van der Waals surface area (Å²) in [4.78, 5) is 0. The van der Waals surface area contributed by atoms with Crippen LogP contribution in [0.4, 0.5) is 5.69 Å². The first kappa shape index (κ1) is 13.4. The van der Waals surface area contributed by atoms with E-state index in [1.807, 2.05) is 0 Å². The summed E-state index contributed by atoms with van der Waals surface area (Å²) in [6, 6.07) is 6.55. The van der Waals surface area contributed by atoms with Gasteiger partial charge in [-0.2, -0.15) is 0 Å². The van der Waals surface area contributed by atoms with Crippen molar-refractivity contribution in [2.24, 2.45) is 5.92 Å². The van der Waals surface area contributed by atoms with Gasteiger partial charge in [0.25, 0.3) is 0 Å². The lowest BCUT2D eigenvalue weighted by molar-refractivity contribution is 0.251. The molecule has 0 amide bonds. The van der Waals surface area contributed by atoms with Gasteiger partial charge in [-0.15, -0.1) is 0 Å². The molecular formula is C15H24N2O. The van der Waals surface area contributed by atoms with Crippen LogP contribution < -0.4 is 10.6 Å². The van der Waals surface area contributed by atoms with E-state index in [4.69, 9.17) is 5.11 Å². The highest BCUT2D eigenvalue weighted by molar-refractivity contribution is 5.61. The lowest BCUT2D eigenvalue weighted by atomic mass is 10.0. The minimum Gasteiger partial charge on any atom is -0.396 e. The second-order valence-electron chi connectivity index (χ2n) is 5.05. The number of hydrogen-bond acceptors (Lipinski definition) is 3. The number of anilines is 1. The second kappa shape index (κ2) is 6.76. The molecular weight excluding hydrogens is 224 g/mol. The van der Waals surface area contributed by atoms with E-state index in [0.29, 0.717) is 12.5 Å². The predicted molar refractivity (Wildman–Crippen MR) is 75.8 cm³/mol. The van der Waals surface area contributed by atoms with Crippen molar-refractivity contribution in [1.82, 2.24) is 5.32 Å². The molecule has 3 heteroatoms. The first-order chi connectivity index (χ1) is 8.85. The third-order valence-electron chi connectivity index (χ3n) is 3.80. The van der Waals surface area contributed by atoms with Gasteiger partial charge in [0.15, 0.2) is 0 Å². The van der Waals surface area contributed by atoms with E-state index >= 15 is 0 Å². The normalized spacial score (nSPS) is 15.2. The number of nitrogens with one attached hydrogen (secondary N) is 2. The number of hydrogen-bond donors (Lipinski definition) is 3. The summed E-state index contributed by atoms with van der Waals surface area (Å²) in [6.07, 6.45) is 3.17. The molecule has 0 bridgehead atoms. The number of benzene rings is 1. The zero-order valence-electron chi connectivity index (χ0n) is 11.2. The maximum atomic E-state index is 8.97. The van der Waals surface area contributed by atoms with Gasteiger partial charge in [-0.1, -0.05) is 31.5 Å². The van der Waals surface area contributed by atoms with Crippen molar-refractivity contribution in [3.8, 4) is 0 Å². The maximum Gasteiger partial charge on any atom is 0.0434 e. The number of rotatable bonds is 7. The van der Waals surface area contributed by atoms with Gasteiger partial charge in [-0.25, -0.2) is 0 Å². The van der Waals surface area contributed by atoms with E-state index in [9.17, 15) is 0 Å². The summed E-state index contributed by atoms with van der Waals surface area (Å²) >= 11 is 0. The molecule has 1 aromatic rings. The average Bonchev–Trinajstić information content (AvgIpc) is 2.86. The van der Waals surface area contributed by atoms with Crippen molar-refractivity contribution >= 4 is 5.69 Å². The Morgan fingerprint density at radius 2 is 2.33 bits per heavy atom. The molecule has 1 atom stereocenters. The lowest BCUT2D eigenvalue weighted by Crippen LogP contribution is -2.23. The molecule has 0 spiro atoms. The van der Waals surface area contributed by atoms with Crippen LogP contribution in [-0.4, -0.2) is 24.8 Å². The Balaban J connectivity index is 1.85. The molecule has 3 nitrogen and oxygen atoms in total. The molecule has 100 valence electrons. The molecule has 3 N–H and O–H groups in total. The van der Waals surface area contributed by atoms with Crippen molar-refractivity contribution in [2.75, 3.05) is 25.0 Å². The summed E-state index contributed by atoms with van der Waals surface area (Å²) in [7, 11) is 0. The van der Waals surface area contributed by atoms with E-state index in [1.165, 1.54) is 16.8 Å². The Morgan fingerprint density at radius 1 is 1.44 bits per heavy atom. The minimum atomic E-state index is 0.294. The largest absolute Gasteiger partial charge is 0.396 e. The minimum absolute atomic E-state index is 0.294. The zero-order chi connectivity index (χ0) is 12.8. The van der Waals surface area contributed by atoms with Gasteiger partial charge < -0.3 is 15.7 Å². The first-order valence-corrected chi connectivity index (χ1v) is 7.01. The molecule has 0 saturated carbocycles. The van der Waals surface area contributed by atoms with Crippen LogP contribution >= 0.6 is 0 Å². The fourth-order valence-corrected chi connectivity index (χ4v) is 2.60. The molecule has 0 saturated heterocycles. The Hall–Kier alpha value is -1.06. The van der Waals surface area contributed by atoms with Crippen molar-refractivity contribution in [2.45, 2.75) is 32.7 Å². The monoisotopic (exact) mass is 248 g/mol. The number of para-hydroxylation sites is 1. The summed E-state index contributed by atoms with van der Waals surface area (Å²) < 4.78 is 0. The molecule has 1 aliphatic rings. The van der Waals surface area contributed by atoms with Crippen LogP contribution in [0.15, 0.2) is 18.2 Å². The third-order valence-corrected chi connectivity index (χ3v) is 3.80. The van der Waals surface area contributed by atoms with Gasteiger partial charge in [0.1, 0.15) is 0 Å². The highest BCUT2D eigenvalue weighted by atomic mass is 16.3. The second-order valence-corrected chi connectivity index (χ2v) is 5.05. The Kier molecular flexibility index (Phi) is 5.02. The van der Waals surface area contributed by atoms with Gasteiger partial charge in [0.2, 0.25) is 0 Å². The molecule has 1 aliphatic heterocycles. The van der Waals surface area contributed by atoms with Gasteiger partial charge >= 0.3 is 0 Å². The maximum absolute atomic E-state index is 8.97. The van der Waals surface area contributed by atoms with Crippen LogP contribution in [0.5, 0.6) is 0 Å². The summed E-state index contributed by atoms with van der Waals surface area (Å²) in [5.74, 6) is 0.583. The molecule has 18 heavy (non-hydrogen) atoms. The Bertz CT molecular complexity index is 379. The molecule has 1 aromatic carbocycles. The van der Waals surface area contributed by atoms with Gasteiger partial charge in [-0.3, -0.25) is 0 Å². The van der Waals surface area contributed by atoms with Gasteiger partial charge in [0.05, 0.1) is 0 Å². The van der Waals surface area contributed by atoms with E-state index in [2.05, 4.69) is 35.8 Å². The van der Waals surface area contributed by atoms with E-state index in [0.717, 1.165) is 38.9 Å². The number of aliphatic hydroxyl groups excluding tert-OH is 1. The molecule has 1 heterocycles. The van der Waals surface area contributed by atoms with Crippen LogP contribution in [0.1, 0.15) is 30.9 Å². The lowest BCUT2D eigenvalue weighted by Gasteiger charge is -2.15. The van der Waals surface area contributed by atoms with E-state index in [1.54, 1.807) is 0 Å². The van der Waals surface area contributed by atoms with Crippen LogP contribution in [0, 0.1) is 5.92 Å². The van der Waals surface area contributed by atoms with E-state index in [-0.39, 0.29) is 0 Å². The van der Waals surface area contributed by atoms with E-state index < -0.39 is 0 Å². The standard InChI is InChI=1S/C15H24N2O/c1-2-12(7-9-18)10-16-11-14-5-3-4-13-6-8-17-15(13)14/h3-5,12,16-18H,2,6-11H2,1H3. The van der Waals surface area contributed by atoms with Crippen LogP contribution in [-0.2, 0) is 13.0 Å². The van der Waals surface area contributed by atoms with Gasteiger partial charge in [0, 0.05) is 25.4 Å². The van der Waals surface area contributed by atoms with Gasteiger partial charge in [-0.05, 0) is 36.4 Å². The summed E-state index contributed by atoms with van der Waals surface area (Å²) in [5.41, 5.74) is 4.14. The molecule has 0 aromatic heterocycles. The molecule has 0 fully saturated rings. The summed E-state index contributed by atoms with van der Waals surface area (Å²) in [6.45, 7) is 5.44. The quantitative estimate of drug-likeness (QED) is 0.693. The smallest absolute Gasteiger partial charge is 0.0434 e. The predicted octanol–water partition coefficient (Wildman–Crippen LogP) is 2.15. The highest BCUT2D eigenvalue weighted by Crippen LogP contribution is 2.26. The summed E-state index contributed by atoms with van der Waals surface area (Å²) in [5, 5.41) is 16.0. The van der Waals surface area contributed by atoms with Crippen molar-refractivity contribution in [1.29, 1.82) is 0 Å². The topological polar surface area (TPSA) is 44.3 Å². The molecule has 0 radical (unpaired) electrons. The van der Waals surface area contributed by atoms with Crippen molar-refractivity contribution in [3.63, 3.8) is 0 Å². The van der Waals surface area contributed by atoms with Crippen LogP contribution in [0.3, 0.4) is 0 Å². The fraction of sp³-hybridized carbons (Fsp3) is 0.600. The number of fused-ring (bicyclic) bond motifs is 1. The fourth-order valence-electron chi connectivity index (χ4n) is 2.60. The average molecular weight is 248 g/mol. The highest BCUT2D eigenvalue weighted by Gasteiger charge is 2.13. The molecule has 2 rings (SSSR count). The molecule has 1 unspecified atom stereocenters. The SMILES string of the molecule is CCC(CCO)CNCc1cccc2c1NCC2. The van der Waals surface area contributed by atoms with Crippen molar-refractivity contribution in [3.05, 3.63) is 29.3 Å². The van der Waals surface area contributed by atoms with Crippen LogP contribution in [0.2, 0.25) is 0 Å². The number of aliphatic hydroxyl groups is 1. The Labute approximate surface area is 110 Å². The third kappa shape index (κ3) is 3.24. The molecule has 0 aliphatic carbocycles. The van der Waals surface area contributed by atoms with Crippen molar-refractivity contribution < 1.29 is 5.11 Å².